The molecule has 11 nitrogen and oxygen atoms in total. The number of morpholine rings is 1. The first-order valence-electron chi connectivity index (χ1n) is 12.7. The molecule has 4 aromatic rings. The highest BCUT2D eigenvalue weighted by atomic mass is 16.5. The number of hydrogen-bond acceptors (Lipinski definition) is 9. The molecule has 2 fully saturated rings. The number of hydrogen-bond donors (Lipinski definition) is 3. The Morgan fingerprint density at radius 1 is 1.03 bits per heavy atom. The van der Waals surface area contributed by atoms with Crippen LogP contribution in [-0.4, -0.2) is 76.3 Å². The van der Waals surface area contributed by atoms with Crippen LogP contribution in [0.4, 0.5) is 23.1 Å². The summed E-state index contributed by atoms with van der Waals surface area (Å²) in [7, 11) is 0. The monoisotopic (exact) mass is 511 g/mol. The fourth-order valence-electron chi connectivity index (χ4n) is 4.88. The summed E-state index contributed by atoms with van der Waals surface area (Å²) in [6.45, 7) is 8.04. The second-order valence-electron chi connectivity index (χ2n) is 9.36. The number of carbonyl (C=O) groups is 1. The van der Waals surface area contributed by atoms with Gasteiger partial charge in [0.2, 0.25) is 11.9 Å². The standard InChI is InChI=1S/C27H29N9O2/c1-2-24(37)33-20-7-8-36(16-20)27-28-14-21(15-29-27)32-19-5-3-18(4-6-19)23-13-22-25(34-23)30-17-31-26(22)35-9-11-38-12-10-35/h2-6,13-15,17,20,32H,1,7-12,16H2,(H,33,37)(H,30,31,34)/t20-/m0/s1. The first-order valence-corrected chi connectivity index (χ1v) is 12.7. The van der Waals surface area contributed by atoms with Gasteiger partial charge in [0.25, 0.3) is 0 Å². The van der Waals surface area contributed by atoms with Gasteiger partial charge >= 0.3 is 0 Å². The Balaban J connectivity index is 1.11. The molecule has 1 atom stereocenters. The van der Waals surface area contributed by atoms with Crippen molar-refractivity contribution in [3.05, 3.63) is 61.7 Å². The van der Waals surface area contributed by atoms with E-state index in [4.69, 9.17) is 4.74 Å². The first-order chi connectivity index (χ1) is 18.7. The Morgan fingerprint density at radius 2 is 1.82 bits per heavy atom. The second kappa shape index (κ2) is 10.5. The number of rotatable bonds is 7. The van der Waals surface area contributed by atoms with Gasteiger partial charge in [0.05, 0.1) is 36.7 Å². The molecule has 11 heteroatoms. The molecule has 2 saturated heterocycles. The largest absolute Gasteiger partial charge is 0.378 e. The molecule has 0 bridgehead atoms. The number of carbonyl (C=O) groups excluding carboxylic acids is 1. The molecule has 5 heterocycles. The number of benzene rings is 1. The maximum absolute atomic E-state index is 11.5. The lowest BCUT2D eigenvalue weighted by molar-refractivity contribution is -0.117. The van der Waals surface area contributed by atoms with Gasteiger partial charge in [0, 0.05) is 43.6 Å². The summed E-state index contributed by atoms with van der Waals surface area (Å²) in [6.07, 6.45) is 7.30. The molecule has 6 rings (SSSR count). The highest BCUT2D eigenvalue weighted by Crippen LogP contribution is 2.30. The van der Waals surface area contributed by atoms with E-state index in [1.165, 1.54) is 6.08 Å². The molecule has 1 aromatic carbocycles. The average molecular weight is 512 g/mol. The SMILES string of the molecule is C=CC(=O)N[C@H]1CCN(c2ncc(Nc3ccc(-c4cc5c(N6CCOCC6)ncnc5[nH]4)cc3)cn2)C1. The zero-order chi connectivity index (χ0) is 25.9. The third kappa shape index (κ3) is 5.00. The van der Waals surface area contributed by atoms with E-state index in [0.29, 0.717) is 25.7 Å². The molecule has 3 N–H and O–H groups in total. The van der Waals surface area contributed by atoms with Crippen molar-refractivity contribution in [2.24, 2.45) is 0 Å². The average Bonchev–Trinajstić information content (AvgIpc) is 3.61. The summed E-state index contributed by atoms with van der Waals surface area (Å²) >= 11 is 0. The van der Waals surface area contributed by atoms with Gasteiger partial charge in [-0.3, -0.25) is 4.79 Å². The van der Waals surface area contributed by atoms with Crippen LogP contribution in [0, 0.1) is 0 Å². The number of amides is 1. The lowest BCUT2D eigenvalue weighted by Crippen LogP contribution is -2.36. The number of ether oxygens (including phenoxy) is 1. The van der Waals surface area contributed by atoms with E-state index in [9.17, 15) is 4.79 Å². The Hall–Kier alpha value is -4.51. The van der Waals surface area contributed by atoms with Gasteiger partial charge in [-0.15, -0.1) is 0 Å². The molecule has 3 aromatic heterocycles. The third-order valence-corrected chi connectivity index (χ3v) is 6.84. The van der Waals surface area contributed by atoms with Crippen molar-refractivity contribution < 1.29 is 9.53 Å². The number of aromatic nitrogens is 5. The number of H-pyrrole nitrogens is 1. The van der Waals surface area contributed by atoms with Gasteiger partial charge in [-0.25, -0.2) is 19.9 Å². The maximum Gasteiger partial charge on any atom is 0.243 e. The molecule has 0 unspecified atom stereocenters. The van der Waals surface area contributed by atoms with Crippen LogP contribution in [0.5, 0.6) is 0 Å². The lowest BCUT2D eigenvalue weighted by Gasteiger charge is -2.27. The molecule has 2 aliphatic rings. The summed E-state index contributed by atoms with van der Waals surface area (Å²) in [5.74, 6) is 1.44. The van der Waals surface area contributed by atoms with Crippen molar-refractivity contribution in [2.75, 3.05) is 54.5 Å². The second-order valence-corrected chi connectivity index (χ2v) is 9.36. The Morgan fingerprint density at radius 3 is 2.58 bits per heavy atom. The summed E-state index contributed by atoms with van der Waals surface area (Å²) < 4.78 is 5.49. The minimum Gasteiger partial charge on any atom is -0.378 e. The molecule has 0 aliphatic carbocycles. The topological polar surface area (TPSA) is 124 Å². The van der Waals surface area contributed by atoms with E-state index < -0.39 is 0 Å². The zero-order valence-electron chi connectivity index (χ0n) is 20.9. The normalized spacial score (nSPS) is 17.5. The molecule has 194 valence electrons. The highest BCUT2D eigenvalue weighted by Gasteiger charge is 2.25. The van der Waals surface area contributed by atoms with Gasteiger partial charge < -0.3 is 30.2 Å². The highest BCUT2D eigenvalue weighted by molar-refractivity contribution is 5.92. The maximum atomic E-state index is 11.5. The van der Waals surface area contributed by atoms with Gasteiger partial charge in [-0.05, 0) is 36.3 Å². The van der Waals surface area contributed by atoms with Crippen molar-refractivity contribution >= 4 is 40.1 Å². The minimum atomic E-state index is -0.153. The van der Waals surface area contributed by atoms with E-state index in [-0.39, 0.29) is 11.9 Å². The zero-order valence-corrected chi connectivity index (χ0v) is 20.9. The molecule has 2 aliphatic heterocycles. The van der Waals surface area contributed by atoms with Crippen LogP contribution in [0.15, 0.2) is 61.7 Å². The third-order valence-electron chi connectivity index (χ3n) is 6.84. The predicted octanol–water partition coefficient (Wildman–Crippen LogP) is 2.88. The summed E-state index contributed by atoms with van der Waals surface area (Å²) in [4.78, 5) is 37.3. The van der Waals surface area contributed by atoms with Crippen LogP contribution in [0.3, 0.4) is 0 Å². The van der Waals surface area contributed by atoms with Crippen LogP contribution < -0.4 is 20.4 Å². The summed E-state index contributed by atoms with van der Waals surface area (Å²) in [6, 6.07) is 10.4. The molecular weight excluding hydrogens is 482 g/mol. The van der Waals surface area contributed by atoms with E-state index >= 15 is 0 Å². The van der Waals surface area contributed by atoms with Crippen molar-refractivity contribution in [3.8, 4) is 11.3 Å². The van der Waals surface area contributed by atoms with Gasteiger partial charge in [-0.1, -0.05) is 18.7 Å². The Bertz CT molecular complexity index is 1430. The van der Waals surface area contributed by atoms with E-state index in [2.05, 4.69) is 70.1 Å². The van der Waals surface area contributed by atoms with Gasteiger partial charge in [0.1, 0.15) is 17.8 Å². The number of aromatic amines is 1. The summed E-state index contributed by atoms with van der Waals surface area (Å²) in [5, 5.41) is 7.30. The minimum absolute atomic E-state index is 0.0793. The predicted molar refractivity (Wildman–Crippen MR) is 147 cm³/mol. The number of fused-ring (bicyclic) bond motifs is 1. The summed E-state index contributed by atoms with van der Waals surface area (Å²) in [5.41, 5.74) is 4.60. The van der Waals surface area contributed by atoms with Gasteiger partial charge in [0.15, 0.2) is 0 Å². The van der Waals surface area contributed by atoms with Crippen LogP contribution in [-0.2, 0) is 9.53 Å². The van der Waals surface area contributed by atoms with Crippen molar-refractivity contribution in [3.63, 3.8) is 0 Å². The molecule has 0 spiro atoms. The van der Waals surface area contributed by atoms with Crippen LogP contribution in [0.2, 0.25) is 0 Å². The van der Waals surface area contributed by atoms with Gasteiger partial charge in [-0.2, -0.15) is 0 Å². The number of nitrogens with zero attached hydrogens (tertiary/aromatic N) is 6. The smallest absolute Gasteiger partial charge is 0.243 e. The quantitative estimate of drug-likeness (QED) is 0.321. The van der Waals surface area contributed by atoms with Crippen LogP contribution in [0.1, 0.15) is 6.42 Å². The fourth-order valence-corrected chi connectivity index (χ4v) is 4.88. The molecular formula is C27H29N9O2. The molecule has 0 saturated carbocycles. The number of anilines is 4. The van der Waals surface area contributed by atoms with Crippen LogP contribution in [0.25, 0.3) is 22.3 Å². The molecule has 1 amide bonds. The Kier molecular flexibility index (Phi) is 6.57. The van der Waals surface area contributed by atoms with Crippen molar-refractivity contribution in [1.29, 1.82) is 0 Å². The first kappa shape index (κ1) is 23.9. The van der Waals surface area contributed by atoms with E-state index in [0.717, 1.165) is 65.5 Å². The molecule has 38 heavy (non-hydrogen) atoms. The van der Waals surface area contributed by atoms with Crippen LogP contribution >= 0.6 is 0 Å². The Labute approximate surface area is 220 Å². The lowest BCUT2D eigenvalue weighted by atomic mass is 10.1. The molecule has 0 radical (unpaired) electrons. The van der Waals surface area contributed by atoms with Crippen molar-refractivity contribution in [2.45, 2.75) is 12.5 Å². The van der Waals surface area contributed by atoms with E-state index in [1.54, 1.807) is 18.7 Å². The number of nitrogens with one attached hydrogen (secondary N) is 3. The van der Waals surface area contributed by atoms with E-state index in [1.807, 2.05) is 12.1 Å². The van der Waals surface area contributed by atoms with Crippen molar-refractivity contribution in [1.82, 2.24) is 30.2 Å². The fraction of sp³-hybridized carbons (Fsp3) is 0.296.